The highest BCUT2D eigenvalue weighted by molar-refractivity contribution is 7.10. The molecule has 1 aromatic carbocycles. The van der Waals surface area contributed by atoms with E-state index in [1.807, 2.05) is 5.38 Å². The molecule has 150 valence electrons. The Labute approximate surface area is 171 Å². The highest BCUT2D eigenvalue weighted by atomic mass is 32.1. The first kappa shape index (κ1) is 19.3. The second kappa shape index (κ2) is 8.54. The summed E-state index contributed by atoms with van der Waals surface area (Å²) in [4.78, 5) is 29.7. The number of fused-ring (bicyclic) bond motifs is 1. The number of hydrogen-bond acceptors (Lipinski definition) is 6. The molecule has 2 unspecified atom stereocenters. The molecule has 1 aliphatic heterocycles. The van der Waals surface area contributed by atoms with E-state index >= 15 is 0 Å². The molecule has 0 fully saturated rings. The lowest BCUT2D eigenvalue weighted by Gasteiger charge is -2.22. The molecule has 0 bridgehead atoms. The lowest BCUT2D eigenvalue weighted by molar-refractivity contribution is -0.120. The van der Waals surface area contributed by atoms with Gasteiger partial charge < -0.3 is 15.4 Å². The van der Waals surface area contributed by atoms with Crippen molar-refractivity contribution in [3.05, 3.63) is 58.8 Å². The van der Waals surface area contributed by atoms with E-state index in [4.69, 9.17) is 4.74 Å². The normalized spacial score (nSPS) is 16.7. The topological polar surface area (TPSA) is 98.1 Å². The summed E-state index contributed by atoms with van der Waals surface area (Å²) < 4.78 is 7.26. The van der Waals surface area contributed by atoms with Crippen LogP contribution in [0.25, 0.3) is 0 Å². The van der Waals surface area contributed by atoms with Crippen molar-refractivity contribution in [1.82, 2.24) is 14.8 Å². The predicted octanol–water partition coefficient (Wildman–Crippen LogP) is 3.18. The van der Waals surface area contributed by atoms with Crippen LogP contribution >= 0.6 is 11.3 Å². The van der Waals surface area contributed by atoms with Crippen molar-refractivity contribution in [3.63, 3.8) is 0 Å². The minimum absolute atomic E-state index is 0.104. The quantitative estimate of drug-likeness (QED) is 0.649. The molecule has 0 saturated carbocycles. The zero-order valence-electron chi connectivity index (χ0n) is 15.9. The maximum Gasteiger partial charge on any atom is 0.249 e. The summed E-state index contributed by atoms with van der Waals surface area (Å²) in [5, 5.41) is 11.7. The van der Waals surface area contributed by atoms with Crippen LogP contribution in [0.4, 0.5) is 11.4 Å². The van der Waals surface area contributed by atoms with E-state index in [9.17, 15) is 9.59 Å². The van der Waals surface area contributed by atoms with E-state index in [1.54, 1.807) is 42.5 Å². The van der Waals surface area contributed by atoms with Gasteiger partial charge in [-0.25, -0.2) is 9.67 Å². The Balaban J connectivity index is 1.31. The molecule has 0 radical (unpaired) electrons. The molecule has 2 atom stereocenters. The summed E-state index contributed by atoms with van der Waals surface area (Å²) >= 11 is 1.64. The SMILES string of the molecule is CC(C(=O)Nc1ccc(NC(=O)CC2OCCc3ccsc32)cc1)n1cncn1. The van der Waals surface area contributed by atoms with Gasteiger partial charge in [-0.05, 0) is 54.6 Å². The van der Waals surface area contributed by atoms with E-state index in [-0.39, 0.29) is 24.3 Å². The number of carbonyl (C=O) groups excluding carboxylic acids is 2. The first-order chi connectivity index (χ1) is 14.1. The van der Waals surface area contributed by atoms with Crippen LogP contribution in [0.5, 0.6) is 0 Å². The van der Waals surface area contributed by atoms with Crippen LogP contribution in [0.3, 0.4) is 0 Å². The number of ether oxygens (including phenoxy) is 1. The van der Waals surface area contributed by atoms with Gasteiger partial charge in [-0.1, -0.05) is 0 Å². The summed E-state index contributed by atoms with van der Waals surface area (Å²) in [6.45, 7) is 2.38. The maximum absolute atomic E-state index is 12.4. The number of amides is 2. The van der Waals surface area contributed by atoms with Crippen LogP contribution in [-0.4, -0.2) is 33.2 Å². The number of rotatable bonds is 6. The molecule has 3 aromatic rings. The number of nitrogens with zero attached hydrogens (tertiary/aromatic N) is 3. The third kappa shape index (κ3) is 4.52. The number of thiophene rings is 1. The monoisotopic (exact) mass is 411 g/mol. The van der Waals surface area contributed by atoms with Crippen molar-refractivity contribution in [2.24, 2.45) is 0 Å². The molecule has 1 aliphatic rings. The summed E-state index contributed by atoms with van der Waals surface area (Å²) in [6, 6.07) is 8.63. The highest BCUT2D eigenvalue weighted by Gasteiger charge is 2.24. The van der Waals surface area contributed by atoms with Crippen LogP contribution in [0.2, 0.25) is 0 Å². The van der Waals surface area contributed by atoms with E-state index in [0.29, 0.717) is 18.0 Å². The number of nitrogens with one attached hydrogen (secondary N) is 2. The van der Waals surface area contributed by atoms with Gasteiger partial charge in [-0.3, -0.25) is 9.59 Å². The molecule has 2 aromatic heterocycles. The Kier molecular flexibility index (Phi) is 5.68. The molecule has 9 heteroatoms. The van der Waals surface area contributed by atoms with Gasteiger partial charge in [-0.15, -0.1) is 11.3 Å². The van der Waals surface area contributed by atoms with Crippen molar-refractivity contribution in [2.75, 3.05) is 17.2 Å². The van der Waals surface area contributed by atoms with E-state index in [0.717, 1.165) is 11.3 Å². The van der Waals surface area contributed by atoms with Crippen molar-refractivity contribution >= 4 is 34.5 Å². The standard InChI is InChI=1S/C20H21N5O3S/c1-13(25-12-21-11-22-25)20(27)24-16-4-2-15(3-5-16)23-18(26)10-17-19-14(6-8-28-17)7-9-29-19/h2-5,7,9,11-13,17H,6,8,10H2,1H3,(H,23,26)(H,24,27). The number of benzene rings is 1. The zero-order valence-corrected chi connectivity index (χ0v) is 16.7. The van der Waals surface area contributed by atoms with Crippen LogP contribution in [0.15, 0.2) is 48.4 Å². The molecular weight excluding hydrogens is 390 g/mol. The summed E-state index contributed by atoms with van der Waals surface area (Å²) in [6.07, 6.45) is 3.88. The fourth-order valence-electron chi connectivity index (χ4n) is 3.18. The lowest BCUT2D eigenvalue weighted by atomic mass is 10.1. The fraction of sp³-hybridized carbons (Fsp3) is 0.300. The number of anilines is 2. The highest BCUT2D eigenvalue weighted by Crippen LogP contribution is 2.34. The van der Waals surface area contributed by atoms with Gasteiger partial charge >= 0.3 is 0 Å². The van der Waals surface area contributed by atoms with Gasteiger partial charge in [0.05, 0.1) is 13.0 Å². The molecule has 29 heavy (non-hydrogen) atoms. The van der Waals surface area contributed by atoms with Crippen molar-refractivity contribution in [3.8, 4) is 0 Å². The van der Waals surface area contributed by atoms with Crippen LogP contribution < -0.4 is 10.6 Å². The second-order valence-electron chi connectivity index (χ2n) is 6.79. The molecule has 4 rings (SSSR count). The minimum atomic E-state index is -0.477. The predicted molar refractivity (Wildman–Crippen MR) is 110 cm³/mol. The molecule has 8 nitrogen and oxygen atoms in total. The smallest absolute Gasteiger partial charge is 0.249 e. The van der Waals surface area contributed by atoms with Gasteiger partial charge in [0.1, 0.15) is 24.8 Å². The first-order valence-corrected chi connectivity index (χ1v) is 10.2. The van der Waals surface area contributed by atoms with Gasteiger partial charge in [0.15, 0.2) is 0 Å². The molecule has 0 spiro atoms. The summed E-state index contributed by atoms with van der Waals surface area (Å²) in [5.74, 6) is -0.304. The molecule has 0 aliphatic carbocycles. The number of aromatic nitrogens is 3. The largest absolute Gasteiger partial charge is 0.372 e. The average Bonchev–Trinajstić information content (AvgIpc) is 3.41. The first-order valence-electron chi connectivity index (χ1n) is 9.33. The van der Waals surface area contributed by atoms with E-state index < -0.39 is 6.04 Å². The van der Waals surface area contributed by atoms with Crippen LogP contribution in [-0.2, 0) is 20.7 Å². The Morgan fingerprint density at radius 3 is 2.72 bits per heavy atom. The molecular formula is C20H21N5O3S. The Hall–Kier alpha value is -3.04. The van der Waals surface area contributed by atoms with Crippen molar-refractivity contribution in [2.45, 2.75) is 31.9 Å². The zero-order chi connectivity index (χ0) is 20.2. The third-order valence-electron chi connectivity index (χ3n) is 4.78. The van der Waals surface area contributed by atoms with Gasteiger partial charge in [0.2, 0.25) is 11.8 Å². The minimum Gasteiger partial charge on any atom is -0.372 e. The number of hydrogen-bond donors (Lipinski definition) is 2. The Morgan fingerprint density at radius 1 is 1.24 bits per heavy atom. The third-order valence-corrected chi connectivity index (χ3v) is 5.83. The lowest BCUT2D eigenvalue weighted by Crippen LogP contribution is -2.24. The maximum atomic E-state index is 12.4. The fourth-order valence-corrected chi connectivity index (χ4v) is 4.18. The Bertz CT molecular complexity index is 984. The van der Waals surface area contributed by atoms with E-state index in [1.165, 1.54) is 22.9 Å². The molecule has 2 N–H and O–H groups in total. The van der Waals surface area contributed by atoms with Gasteiger partial charge in [0, 0.05) is 16.3 Å². The van der Waals surface area contributed by atoms with Crippen LogP contribution in [0, 0.1) is 0 Å². The van der Waals surface area contributed by atoms with Crippen LogP contribution in [0.1, 0.15) is 35.9 Å². The molecule has 3 heterocycles. The summed E-state index contributed by atoms with van der Waals surface area (Å²) in [7, 11) is 0. The van der Waals surface area contributed by atoms with E-state index in [2.05, 4.69) is 26.8 Å². The van der Waals surface area contributed by atoms with Gasteiger partial charge in [-0.2, -0.15) is 5.10 Å². The Morgan fingerprint density at radius 2 is 2.00 bits per heavy atom. The van der Waals surface area contributed by atoms with Gasteiger partial charge in [0.25, 0.3) is 0 Å². The van der Waals surface area contributed by atoms with Crippen molar-refractivity contribution in [1.29, 1.82) is 0 Å². The van der Waals surface area contributed by atoms with Crippen molar-refractivity contribution < 1.29 is 14.3 Å². The number of carbonyl (C=O) groups is 2. The average molecular weight is 411 g/mol. The summed E-state index contributed by atoms with van der Waals surface area (Å²) in [5.41, 5.74) is 2.58. The second-order valence-corrected chi connectivity index (χ2v) is 7.74. The molecule has 2 amide bonds. The molecule has 0 saturated heterocycles.